The highest BCUT2D eigenvalue weighted by Gasteiger charge is 2.25. The summed E-state index contributed by atoms with van der Waals surface area (Å²) in [6.07, 6.45) is 3.71. The Bertz CT molecular complexity index is 598. The number of nitrogens with one attached hydrogen (secondary N) is 1. The molecule has 2 rings (SSSR count). The first-order valence-corrected chi connectivity index (χ1v) is 10.00. The Morgan fingerprint density at radius 1 is 1.26 bits per heavy atom. The first-order valence-electron chi connectivity index (χ1n) is 8.17. The molecule has 0 aromatic heterocycles. The van der Waals surface area contributed by atoms with Crippen LogP contribution in [0.25, 0.3) is 0 Å². The van der Waals surface area contributed by atoms with Crippen molar-refractivity contribution in [2.24, 2.45) is 0 Å². The number of sulfone groups is 1. The number of carbonyl (C=O) groups excluding carboxylic acids is 1. The quantitative estimate of drug-likeness (QED) is 0.697. The number of benzene rings is 1. The molecule has 1 aliphatic rings. The maximum Gasteiger partial charge on any atom is 0.235 e. The van der Waals surface area contributed by atoms with Crippen molar-refractivity contribution in [3.63, 3.8) is 0 Å². The van der Waals surface area contributed by atoms with Crippen molar-refractivity contribution >= 4 is 15.7 Å². The number of hydrogen-bond acceptors (Lipinski definition) is 4. The largest absolute Gasteiger partial charge is 0.354 e. The van der Waals surface area contributed by atoms with Crippen LogP contribution in [0.15, 0.2) is 30.3 Å². The zero-order valence-electron chi connectivity index (χ0n) is 13.7. The molecule has 1 aliphatic carbocycles. The van der Waals surface area contributed by atoms with E-state index in [0.717, 1.165) is 12.1 Å². The van der Waals surface area contributed by atoms with E-state index in [2.05, 4.69) is 10.2 Å². The second-order valence-electron chi connectivity index (χ2n) is 6.24. The van der Waals surface area contributed by atoms with Gasteiger partial charge in [-0.05, 0) is 38.3 Å². The molecule has 6 heteroatoms. The summed E-state index contributed by atoms with van der Waals surface area (Å²) in [6, 6.07) is 10.4. The van der Waals surface area contributed by atoms with Gasteiger partial charge in [0.25, 0.3) is 0 Å². The third-order valence-corrected chi connectivity index (χ3v) is 5.68. The van der Waals surface area contributed by atoms with E-state index in [1.54, 1.807) is 0 Å². The van der Waals surface area contributed by atoms with Gasteiger partial charge in [0.05, 0.1) is 5.75 Å². The number of aryl methyl sites for hydroxylation is 1. The molecule has 0 radical (unpaired) electrons. The number of carbonyl (C=O) groups is 1. The van der Waals surface area contributed by atoms with Crippen LogP contribution in [0.5, 0.6) is 0 Å². The third-order valence-electron chi connectivity index (χ3n) is 4.07. The number of amides is 1. The number of hydrogen-bond donors (Lipinski definition) is 1. The van der Waals surface area contributed by atoms with Gasteiger partial charge in [-0.15, -0.1) is 0 Å². The number of nitrogens with zero attached hydrogens (tertiary/aromatic N) is 1. The summed E-state index contributed by atoms with van der Waals surface area (Å²) in [5, 5.41) is 2.70. The highest BCUT2D eigenvalue weighted by molar-refractivity contribution is 7.92. The van der Waals surface area contributed by atoms with Crippen LogP contribution >= 0.6 is 0 Å². The Hall–Kier alpha value is -1.40. The maximum absolute atomic E-state index is 12.0. The molecule has 0 aliphatic heterocycles. The molecule has 1 aromatic rings. The predicted octanol–water partition coefficient (Wildman–Crippen LogP) is 1.24. The number of likely N-dealkylation sites (N-methyl/N-ethyl adjacent to an activating group) is 1. The molecule has 0 bridgehead atoms. The molecule has 128 valence electrons. The van der Waals surface area contributed by atoms with Gasteiger partial charge >= 0.3 is 0 Å². The maximum atomic E-state index is 12.0. The van der Waals surface area contributed by atoms with E-state index in [9.17, 15) is 13.2 Å². The highest BCUT2D eigenvalue weighted by atomic mass is 32.2. The molecule has 0 atom stereocenters. The van der Waals surface area contributed by atoms with Crippen molar-refractivity contribution in [3.05, 3.63) is 35.9 Å². The first kappa shape index (κ1) is 17.9. The fourth-order valence-corrected chi connectivity index (χ4v) is 3.76. The van der Waals surface area contributed by atoms with Crippen molar-refractivity contribution in [2.75, 3.05) is 31.6 Å². The van der Waals surface area contributed by atoms with Crippen LogP contribution in [0.2, 0.25) is 0 Å². The molecular weight excluding hydrogens is 312 g/mol. The monoisotopic (exact) mass is 338 g/mol. The molecule has 1 N–H and O–H groups in total. The normalized spacial score (nSPS) is 14.9. The van der Waals surface area contributed by atoms with Crippen LogP contribution in [0.3, 0.4) is 0 Å². The lowest BCUT2D eigenvalue weighted by molar-refractivity contribution is -0.118. The zero-order valence-corrected chi connectivity index (χ0v) is 14.5. The van der Waals surface area contributed by atoms with E-state index in [1.807, 2.05) is 37.4 Å². The first-order chi connectivity index (χ1) is 11.0. The third kappa shape index (κ3) is 7.14. The topological polar surface area (TPSA) is 66.5 Å². The molecular formula is C17H26N2O3S. The Kier molecular flexibility index (Phi) is 6.59. The lowest BCUT2D eigenvalue weighted by Crippen LogP contribution is -2.37. The SMILES string of the molecule is CN(CCNC(=O)CS(=O)(=O)CCCc1ccccc1)C1CC1. The second kappa shape index (κ2) is 8.45. The van der Waals surface area contributed by atoms with Gasteiger partial charge in [0.15, 0.2) is 9.84 Å². The van der Waals surface area contributed by atoms with E-state index in [1.165, 1.54) is 12.8 Å². The minimum atomic E-state index is -3.33. The minimum Gasteiger partial charge on any atom is -0.354 e. The molecule has 23 heavy (non-hydrogen) atoms. The average molecular weight is 338 g/mol. The Morgan fingerprint density at radius 3 is 2.61 bits per heavy atom. The molecule has 1 amide bonds. The van der Waals surface area contributed by atoms with Crippen LogP contribution in [-0.4, -0.2) is 56.9 Å². The van der Waals surface area contributed by atoms with Gasteiger partial charge in [-0.2, -0.15) is 0 Å². The van der Waals surface area contributed by atoms with Gasteiger partial charge < -0.3 is 10.2 Å². The molecule has 1 fully saturated rings. The Labute approximate surface area is 139 Å². The highest BCUT2D eigenvalue weighted by Crippen LogP contribution is 2.24. The van der Waals surface area contributed by atoms with Gasteiger partial charge in [-0.1, -0.05) is 30.3 Å². The van der Waals surface area contributed by atoms with Crippen LogP contribution in [-0.2, 0) is 21.1 Å². The summed E-state index contributed by atoms with van der Waals surface area (Å²) < 4.78 is 24.0. The van der Waals surface area contributed by atoms with Crippen LogP contribution < -0.4 is 5.32 Å². The summed E-state index contributed by atoms with van der Waals surface area (Å²) in [6.45, 7) is 1.27. The van der Waals surface area contributed by atoms with E-state index in [4.69, 9.17) is 0 Å². The van der Waals surface area contributed by atoms with Crippen molar-refractivity contribution in [1.82, 2.24) is 10.2 Å². The van der Waals surface area contributed by atoms with Gasteiger partial charge in [-0.3, -0.25) is 4.79 Å². The summed E-state index contributed by atoms with van der Waals surface area (Å²) in [5.41, 5.74) is 1.12. The summed E-state index contributed by atoms with van der Waals surface area (Å²) in [4.78, 5) is 14.0. The fourth-order valence-electron chi connectivity index (χ4n) is 2.53. The summed E-state index contributed by atoms with van der Waals surface area (Å²) in [7, 11) is -1.30. The van der Waals surface area contributed by atoms with Crippen molar-refractivity contribution < 1.29 is 13.2 Å². The smallest absolute Gasteiger partial charge is 0.235 e. The molecule has 1 aromatic carbocycles. The van der Waals surface area contributed by atoms with Gasteiger partial charge in [0.2, 0.25) is 5.91 Å². The van der Waals surface area contributed by atoms with Gasteiger partial charge in [-0.25, -0.2) is 8.42 Å². The zero-order chi connectivity index (χ0) is 16.7. The van der Waals surface area contributed by atoms with Crippen LogP contribution in [0, 0.1) is 0 Å². The molecule has 1 saturated carbocycles. The fraction of sp³-hybridized carbons (Fsp3) is 0.588. The van der Waals surface area contributed by atoms with Crippen LogP contribution in [0.1, 0.15) is 24.8 Å². The summed E-state index contributed by atoms with van der Waals surface area (Å²) >= 11 is 0. The minimum absolute atomic E-state index is 0.0529. The lowest BCUT2D eigenvalue weighted by Gasteiger charge is -2.15. The standard InChI is InChI=1S/C17H26N2O3S/c1-19(16-9-10-16)12-11-18-17(20)14-23(21,22)13-5-8-15-6-3-2-4-7-15/h2-4,6-7,16H,5,8-14H2,1H3,(H,18,20). The molecule has 0 spiro atoms. The van der Waals surface area contributed by atoms with E-state index >= 15 is 0 Å². The Morgan fingerprint density at radius 2 is 1.96 bits per heavy atom. The van der Waals surface area contributed by atoms with E-state index in [0.29, 0.717) is 25.4 Å². The van der Waals surface area contributed by atoms with E-state index in [-0.39, 0.29) is 5.75 Å². The van der Waals surface area contributed by atoms with Gasteiger partial charge in [0, 0.05) is 19.1 Å². The van der Waals surface area contributed by atoms with E-state index < -0.39 is 21.5 Å². The van der Waals surface area contributed by atoms with Gasteiger partial charge in [0.1, 0.15) is 5.75 Å². The molecule has 5 nitrogen and oxygen atoms in total. The Balaban J connectivity index is 1.62. The summed E-state index contributed by atoms with van der Waals surface area (Å²) in [5.74, 6) is -0.749. The van der Waals surface area contributed by atoms with Crippen molar-refractivity contribution in [1.29, 1.82) is 0 Å². The molecule has 0 unspecified atom stereocenters. The molecule has 0 heterocycles. The second-order valence-corrected chi connectivity index (χ2v) is 8.43. The van der Waals surface area contributed by atoms with Crippen molar-refractivity contribution in [3.8, 4) is 0 Å². The van der Waals surface area contributed by atoms with Crippen LogP contribution in [0.4, 0.5) is 0 Å². The lowest BCUT2D eigenvalue weighted by atomic mass is 10.1. The molecule has 0 saturated heterocycles. The average Bonchev–Trinajstić information content (AvgIpc) is 3.32. The van der Waals surface area contributed by atoms with Crippen molar-refractivity contribution in [2.45, 2.75) is 31.7 Å². The number of rotatable bonds is 10. The predicted molar refractivity (Wildman–Crippen MR) is 92.1 cm³/mol.